The summed E-state index contributed by atoms with van der Waals surface area (Å²) < 4.78 is 22.1. The molecular formula is C39H48N6O7Si2. The van der Waals surface area contributed by atoms with Crippen LogP contribution in [0.25, 0.3) is 33.1 Å². The van der Waals surface area contributed by atoms with E-state index < -0.39 is 33.3 Å². The van der Waals surface area contributed by atoms with Crippen molar-refractivity contribution in [2.24, 2.45) is 0 Å². The van der Waals surface area contributed by atoms with E-state index >= 15 is 0 Å². The number of carbonyl (C=O) groups excluding carboxylic acids is 1. The average molecular weight is 769 g/mol. The molecule has 2 aromatic heterocycles. The molecule has 1 aliphatic heterocycles. The minimum atomic E-state index is -2.22. The van der Waals surface area contributed by atoms with E-state index in [-0.39, 0.29) is 56.6 Å². The topological polar surface area (TPSA) is 163 Å². The number of aromatic amines is 1. The van der Waals surface area contributed by atoms with Crippen LogP contribution in [0, 0.1) is 10.1 Å². The van der Waals surface area contributed by atoms with Crippen molar-refractivity contribution < 1.29 is 23.3 Å². The molecule has 2 aliphatic rings. The Morgan fingerprint density at radius 1 is 0.963 bits per heavy atom. The van der Waals surface area contributed by atoms with E-state index in [1.165, 1.54) is 0 Å². The highest BCUT2D eigenvalue weighted by Gasteiger charge is 2.47. The number of nitro benzene ring substituents is 1. The Labute approximate surface area is 315 Å². The molecule has 0 saturated carbocycles. The van der Waals surface area contributed by atoms with E-state index in [0.29, 0.717) is 46.1 Å². The highest BCUT2D eigenvalue weighted by Crippen LogP contribution is 2.47. The van der Waals surface area contributed by atoms with Gasteiger partial charge < -0.3 is 18.9 Å². The maximum absolute atomic E-state index is 13.5. The van der Waals surface area contributed by atoms with E-state index in [4.69, 9.17) is 18.6 Å². The lowest BCUT2D eigenvalue weighted by atomic mass is 9.82. The van der Waals surface area contributed by atoms with Gasteiger partial charge in [0, 0.05) is 22.9 Å². The molecule has 1 saturated heterocycles. The first-order valence-electron chi connectivity index (χ1n) is 18.3. The molecule has 3 aromatic carbocycles. The fourth-order valence-electron chi connectivity index (χ4n) is 6.76. The maximum atomic E-state index is 13.5. The number of H-pyrrole nitrogens is 1. The van der Waals surface area contributed by atoms with Crippen LogP contribution in [-0.2, 0) is 13.6 Å². The van der Waals surface area contributed by atoms with Crippen molar-refractivity contribution in [3.63, 3.8) is 0 Å². The van der Waals surface area contributed by atoms with E-state index in [1.807, 2.05) is 12.1 Å². The van der Waals surface area contributed by atoms with Gasteiger partial charge in [-0.1, -0.05) is 77.9 Å². The Morgan fingerprint density at radius 2 is 1.63 bits per heavy atom. The molecule has 0 radical (unpaired) electrons. The molecule has 13 nitrogen and oxygen atoms in total. The fourth-order valence-corrected chi connectivity index (χ4v) is 9.13. The summed E-state index contributed by atoms with van der Waals surface area (Å²) in [6.45, 7) is 22.4. The number of imidazole rings is 1. The standard InChI is InChI=1S/C39H48N6O7Si2/c1-38(2,3)53(7,8)50-20-29-28(52-54(9,10)39(4,5)6)19-30(51-29)44-21-40-32-35(44)42-37(43-36(32)47)41-27-18-26-22-14-11-12-15-23(22)34(46)25-17-13-16-24(31(25)26)33(27)45(48)49/h11-18,21,28-30H,19-20H2,1-10H3,(H2,41,42,43,47)/t28-,29+,30+/m0/s1. The summed E-state index contributed by atoms with van der Waals surface area (Å²) in [6, 6.07) is 13.8. The third-order valence-corrected chi connectivity index (χ3v) is 20.9. The van der Waals surface area contributed by atoms with Crippen molar-refractivity contribution in [3.8, 4) is 11.1 Å². The predicted octanol–water partition coefficient (Wildman–Crippen LogP) is 8.84. The summed E-state index contributed by atoms with van der Waals surface area (Å²) in [4.78, 5) is 51.0. The van der Waals surface area contributed by atoms with Crippen LogP contribution in [0.1, 0.15) is 70.1 Å². The quantitative estimate of drug-likeness (QED) is 0.0825. The van der Waals surface area contributed by atoms with Gasteiger partial charge in [0.25, 0.3) is 5.56 Å². The monoisotopic (exact) mass is 768 g/mol. The zero-order valence-corrected chi connectivity index (χ0v) is 34.5. The van der Waals surface area contributed by atoms with Crippen molar-refractivity contribution >= 4 is 61.7 Å². The molecule has 0 spiro atoms. The van der Waals surface area contributed by atoms with Crippen LogP contribution in [0.2, 0.25) is 36.3 Å². The predicted molar refractivity (Wildman–Crippen MR) is 215 cm³/mol. The Hall–Kier alpha value is -4.55. The second-order valence-corrected chi connectivity index (χ2v) is 27.0. The first kappa shape index (κ1) is 37.8. The highest BCUT2D eigenvalue weighted by atomic mass is 28.4. The first-order valence-corrected chi connectivity index (χ1v) is 24.1. The van der Waals surface area contributed by atoms with Crippen molar-refractivity contribution in [1.29, 1.82) is 0 Å². The summed E-state index contributed by atoms with van der Waals surface area (Å²) in [5.74, 6) is -0.201. The van der Waals surface area contributed by atoms with Crippen LogP contribution in [0.4, 0.5) is 17.3 Å². The number of nitrogens with zero attached hydrogens (tertiary/aromatic N) is 4. The van der Waals surface area contributed by atoms with Crippen LogP contribution in [0.5, 0.6) is 0 Å². The molecule has 54 heavy (non-hydrogen) atoms. The second-order valence-electron chi connectivity index (χ2n) is 17.4. The van der Waals surface area contributed by atoms with Crippen molar-refractivity contribution in [1.82, 2.24) is 19.5 Å². The van der Waals surface area contributed by atoms with E-state index in [1.54, 1.807) is 47.3 Å². The molecule has 3 atom stereocenters. The lowest BCUT2D eigenvalue weighted by molar-refractivity contribution is -0.382. The van der Waals surface area contributed by atoms with Gasteiger partial charge in [0.2, 0.25) is 5.95 Å². The normalized spacial score (nSPS) is 19.1. The molecular weight excluding hydrogens is 721 g/mol. The molecule has 15 heteroatoms. The molecule has 3 heterocycles. The molecule has 0 amide bonds. The number of hydrogen-bond donors (Lipinski definition) is 2. The van der Waals surface area contributed by atoms with Gasteiger partial charge in [0.05, 0.1) is 29.3 Å². The number of benzene rings is 3. The number of ketones is 1. The van der Waals surface area contributed by atoms with Gasteiger partial charge in [-0.15, -0.1) is 0 Å². The van der Waals surface area contributed by atoms with Gasteiger partial charge in [-0.3, -0.25) is 29.3 Å². The lowest BCUT2D eigenvalue weighted by Crippen LogP contribution is -2.48. The van der Waals surface area contributed by atoms with Gasteiger partial charge >= 0.3 is 5.69 Å². The minimum absolute atomic E-state index is 0.00916. The summed E-state index contributed by atoms with van der Waals surface area (Å²) >= 11 is 0. The summed E-state index contributed by atoms with van der Waals surface area (Å²) in [7, 11) is -4.34. The Kier molecular flexibility index (Phi) is 9.12. The number of anilines is 2. The number of hydrogen-bond acceptors (Lipinski definition) is 10. The second kappa shape index (κ2) is 13.0. The number of nitro groups is 1. The Morgan fingerprint density at radius 3 is 2.30 bits per heavy atom. The zero-order chi connectivity index (χ0) is 39.1. The lowest BCUT2D eigenvalue weighted by Gasteiger charge is -2.40. The SMILES string of the molecule is CC(C)(C)[Si](C)(C)OC[C@H]1O[C@@H](n2cnc3c(=O)[nH]c(Nc4cc5c6c(cccc6c4[N+](=O)[O-])C(=O)c4ccccc4-5)nc32)C[C@@H]1O[Si](C)(C)C(C)(C)C. The van der Waals surface area contributed by atoms with Crippen molar-refractivity contribution in [3.05, 3.63) is 86.5 Å². The van der Waals surface area contributed by atoms with Crippen LogP contribution >= 0.6 is 0 Å². The average Bonchev–Trinajstić information content (AvgIpc) is 3.68. The third-order valence-electron chi connectivity index (χ3n) is 11.9. The zero-order valence-electron chi connectivity index (χ0n) is 32.5. The molecule has 1 aliphatic carbocycles. The number of fused-ring (bicyclic) bond motifs is 3. The van der Waals surface area contributed by atoms with Crippen LogP contribution < -0.4 is 10.9 Å². The number of ether oxygens (including phenoxy) is 1. The highest BCUT2D eigenvalue weighted by molar-refractivity contribution is 6.74. The first-order chi connectivity index (χ1) is 25.2. The van der Waals surface area contributed by atoms with Gasteiger partial charge in [0.1, 0.15) is 18.0 Å². The molecule has 7 rings (SSSR count). The summed E-state index contributed by atoms with van der Waals surface area (Å²) in [5.41, 5.74) is 1.94. The van der Waals surface area contributed by atoms with E-state index in [9.17, 15) is 19.7 Å². The Bertz CT molecular complexity index is 2390. The maximum Gasteiger partial charge on any atom is 0.300 e. The third kappa shape index (κ3) is 6.40. The number of aromatic nitrogens is 4. The van der Waals surface area contributed by atoms with Gasteiger partial charge in [-0.25, -0.2) is 4.98 Å². The van der Waals surface area contributed by atoms with Crippen LogP contribution in [0.15, 0.2) is 59.7 Å². The molecule has 284 valence electrons. The smallest absolute Gasteiger partial charge is 0.300 e. The van der Waals surface area contributed by atoms with Crippen LogP contribution in [0.3, 0.4) is 0 Å². The van der Waals surface area contributed by atoms with Gasteiger partial charge in [-0.2, -0.15) is 4.98 Å². The van der Waals surface area contributed by atoms with Crippen molar-refractivity contribution in [2.45, 2.75) is 103 Å². The molecule has 2 N–H and O–H groups in total. The van der Waals surface area contributed by atoms with Crippen molar-refractivity contribution in [2.75, 3.05) is 11.9 Å². The summed E-state index contributed by atoms with van der Waals surface area (Å²) in [6.07, 6.45) is 0.828. The number of nitrogens with one attached hydrogen (secondary N) is 2. The molecule has 1 fully saturated rings. The minimum Gasteiger partial charge on any atom is -0.414 e. The number of rotatable bonds is 9. The number of carbonyl (C=O) groups is 1. The van der Waals surface area contributed by atoms with Gasteiger partial charge in [-0.05, 0) is 59.5 Å². The summed E-state index contributed by atoms with van der Waals surface area (Å²) in [5, 5.41) is 16.5. The molecule has 0 bridgehead atoms. The Balaban J connectivity index is 1.27. The molecule has 5 aromatic rings. The van der Waals surface area contributed by atoms with Crippen LogP contribution in [-0.4, -0.2) is 65.7 Å². The largest absolute Gasteiger partial charge is 0.414 e. The molecule has 0 unspecified atom stereocenters. The van der Waals surface area contributed by atoms with Gasteiger partial charge in [0.15, 0.2) is 33.6 Å². The van der Waals surface area contributed by atoms with E-state index in [0.717, 1.165) is 0 Å². The fraction of sp³-hybridized carbons (Fsp3) is 0.436. The van der Waals surface area contributed by atoms with E-state index in [2.05, 4.69) is 83.0 Å².